The Balaban J connectivity index is 3.14. The monoisotopic (exact) mass is 240 g/mol. The minimum atomic E-state index is -1.08. The topological polar surface area (TPSA) is 75.3 Å². The Morgan fingerprint density at radius 1 is 1.62 bits per heavy atom. The van der Waals surface area contributed by atoms with E-state index in [9.17, 15) is 4.79 Å². The highest BCUT2D eigenvalue weighted by molar-refractivity contribution is 6.31. The summed E-state index contributed by atoms with van der Waals surface area (Å²) in [5, 5.41) is 12.2. The standard InChI is InChI=1S/C11H13ClN2O2/c1-14-4-2-3-7-5-8(12)6-9(10(7)13)11(15)16/h2-3,5-6,14H,4,13H2,1H3,(H,15,16). The number of nitrogens with one attached hydrogen (secondary N) is 1. The molecule has 1 aromatic rings. The molecule has 0 saturated carbocycles. The van der Waals surface area contributed by atoms with Crippen molar-refractivity contribution in [1.82, 2.24) is 5.32 Å². The molecule has 0 radical (unpaired) electrons. The first-order valence-corrected chi connectivity index (χ1v) is 5.07. The zero-order valence-electron chi connectivity index (χ0n) is 8.83. The largest absolute Gasteiger partial charge is 0.478 e. The number of likely N-dealkylation sites (N-methyl/N-ethyl adjacent to an activating group) is 1. The van der Waals surface area contributed by atoms with Gasteiger partial charge in [0.25, 0.3) is 0 Å². The number of anilines is 1. The Bertz CT molecular complexity index is 430. The lowest BCUT2D eigenvalue weighted by Crippen LogP contribution is -2.05. The van der Waals surface area contributed by atoms with E-state index >= 15 is 0 Å². The van der Waals surface area contributed by atoms with Gasteiger partial charge >= 0.3 is 5.97 Å². The summed E-state index contributed by atoms with van der Waals surface area (Å²) in [6.45, 7) is 0.675. The molecule has 0 aliphatic carbocycles. The van der Waals surface area contributed by atoms with Gasteiger partial charge in [0.1, 0.15) is 0 Å². The third-order valence-electron chi connectivity index (χ3n) is 2.03. The van der Waals surface area contributed by atoms with Crippen molar-refractivity contribution in [3.05, 3.63) is 34.4 Å². The summed E-state index contributed by atoms with van der Waals surface area (Å²) in [5.41, 5.74) is 6.59. The number of carboxylic acid groups (broad SMARTS) is 1. The second kappa shape index (κ2) is 5.53. The van der Waals surface area contributed by atoms with E-state index < -0.39 is 5.97 Å². The van der Waals surface area contributed by atoms with Crippen molar-refractivity contribution in [3.8, 4) is 0 Å². The van der Waals surface area contributed by atoms with Gasteiger partial charge in [-0.05, 0) is 24.7 Å². The summed E-state index contributed by atoms with van der Waals surface area (Å²) in [7, 11) is 1.81. The number of halogens is 1. The van der Waals surface area contributed by atoms with Crippen LogP contribution in [0, 0.1) is 0 Å². The summed E-state index contributed by atoms with van der Waals surface area (Å²) in [6, 6.07) is 2.98. The molecule has 0 bridgehead atoms. The zero-order chi connectivity index (χ0) is 12.1. The van der Waals surface area contributed by atoms with Crippen molar-refractivity contribution in [2.75, 3.05) is 19.3 Å². The van der Waals surface area contributed by atoms with E-state index in [0.29, 0.717) is 17.1 Å². The molecule has 1 aromatic carbocycles. The van der Waals surface area contributed by atoms with Crippen molar-refractivity contribution in [2.45, 2.75) is 0 Å². The van der Waals surface area contributed by atoms with Crippen LogP contribution in [0.1, 0.15) is 15.9 Å². The highest BCUT2D eigenvalue weighted by Gasteiger charge is 2.11. The summed E-state index contributed by atoms with van der Waals surface area (Å²) in [4.78, 5) is 10.9. The minimum Gasteiger partial charge on any atom is -0.478 e. The van der Waals surface area contributed by atoms with Gasteiger partial charge in [-0.3, -0.25) is 0 Å². The molecule has 0 atom stereocenters. The van der Waals surface area contributed by atoms with E-state index in [1.165, 1.54) is 6.07 Å². The predicted molar refractivity (Wildman–Crippen MR) is 65.8 cm³/mol. The molecule has 4 nitrogen and oxygen atoms in total. The van der Waals surface area contributed by atoms with Gasteiger partial charge in [0.05, 0.1) is 11.3 Å². The van der Waals surface area contributed by atoms with Gasteiger partial charge in [0.15, 0.2) is 0 Å². The summed E-state index contributed by atoms with van der Waals surface area (Å²) >= 11 is 5.81. The van der Waals surface area contributed by atoms with E-state index in [1.54, 1.807) is 12.1 Å². The minimum absolute atomic E-state index is 0.0246. The number of benzene rings is 1. The fraction of sp³-hybridized carbons (Fsp3) is 0.182. The molecular formula is C11H13ClN2O2. The molecule has 0 spiro atoms. The van der Waals surface area contributed by atoms with Crippen molar-refractivity contribution in [1.29, 1.82) is 0 Å². The van der Waals surface area contributed by atoms with Gasteiger partial charge in [-0.1, -0.05) is 23.8 Å². The number of carbonyl (C=O) groups is 1. The van der Waals surface area contributed by atoms with Crippen LogP contribution in [0.3, 0.4) is 0 Å². The van der Waals surface area contributed by atoms with Gasteiger partial charge < -0.3 is 16.2 Å². The third kappa shape index (κ3) is 2.98. The molecule has 86 valence electrons. The van der Waals surface area contributed by atoms with E-state index in [0.717, 1.165) is 0 Å². The molecule has 0 amide bonds. The molecule has 4 N–H and O–H groups in total. The molecule has 0 saturated heterocycles. The number of carboxylic acids is 1. The lowest BCUT2D eigenvalue weighted by molar-refractivity contribution is 0.0698. The maximum Gasteiger partial charge on any atom is 0.337 e. The number of hydrogen-bond acceptors (Lipinski definition) is 3. The maximum atomic E-state index is 10.9. The highest BCUT2D eigenvalue weighted by atomic mass is 35.5. The normalized spacial score (nSPS) is 10.9. The zero-order valence-corrected chi connectivity index (χ0v) is 9.58. The molecule has 0 aromatic heterocycles. The summed E-state index contributed by atoms with van der Waals surface area (Å²) in [6.07, 6.45) is 3.58. The smallest absolute Gasteiger partial charge is 0.337 e. The summed E-state index contributed by atoms with van der Waals surface area (Å²) < 4.78 is 0. The van der Waals surface area contributed by atoms with Crippen molar-refractivity contribution in [3.63, 3.8) is 0 Å². The van der Waals surface area contributed by atoms with Crippen LogP contribution in [0.5, 0.6) is 0 Å². The lowest BCUT2D eigenvalue weighted by atomic mass is 10.1. The summed E-state index contributed by atoms with van der Waals surface area (Å²) in [5.74, 6) is -1.08. The van der Waals surface area contributed by atoms with E-state index in [2.05, 4.69) is 5.32 Å². The Kier molecular flexibility index (Phi) is 4.34. The van der Waals surface area contributed by atoms with E-state index in [4.69, 9.17) is 22.4 Å². The van der Waals surface area contributed by atoms with Crippen molar-refractivity contribution < 1.29 is 9.90 Å². The Morgan fingerprint density at radius 3 is 2.88 bits per heavy atom. The molecule has 5 heteroatoms. The first kappa shape index (κ1) is 12.5. The maximum absolute atomic E-state index is 10.9. The quantitative estimate of drug-likeness (QED) is 0.702. The van der Waals surface area contributed by atoms with E-state index in [1.807, 2.05) is 13.1 Å². The van der Waals surface area contributed by atoms with Crippen molar-refractivity contribution in [2.24, 2.45) is 0 Å². The van der Waals surface area contributed by atoms with Crippen molar-refractivity contribution >= 4 is 29.3 Å². The second-order valence-electron chi connectivity index (χ2n) is 3.22. The molecule has 0 aliphatic rings. The van der Waals surface area contributed by atoms with Crippen LogP contribution in [-0.4, -0.2) is 24.7 Å². The Labute approximate surface area is 98.7 Å². The average molecular weight is 241 g/mol. The van der Waals surface area contributed by atoms with Crippen LogP contribution in [0.4, 0.5) is 5.69 Å². The van der Waals surface area contributed by atoms with Crippen LogP contribution in [0.25, 0.3) is 6.08 Å². The molecule has 0 unspecified atom stereocenters. The van der Waals surface area contributed by atoms with Gasteiger partial charge in [-0.25, -0.2) is 4.79 Å². The van der Waals surface area contributed by atoms with Gasteiger partial charge in [-0.15, -0.1) is 0 Å². The van der Waals surface area contributed by atoms with Gasteiger partial charge in [0, 0.05) is 11.6 Å². The number of hydrogen-bond donors (Lipinski definition) is 3. The Morgan fingerprint density at radius 2 is 2.31 bits per heavy atom. The van der Waals surface area contributed by atoms with Crippen LogP contribution in [0.2, 0.25) is 5.02 Å². The van der Waals surface area contributed by atoms with E-state index in [-0.39, 0.29) is 11.3 Å². The van der Waals surface area contributed by atoms with Gasteiger partial charge in [-0.2, -0.15) is 0 Å². The first-order valence-electron chi connectivity index (χ1n) is 4.69. The molecule has 1 rings (SSSR count). The fourth-order valence-corrected chi connectivity index (χ4v) is 1.48. The molecule has 0 heterocycles. The molecule has 16 heavy (non-hydrogen) atoms. The predicted octanol–water partition coefficient (Wildman–Crippen LogP) is 1.85. The lowest BCUT2D eigenvalue weighted by Gasteiger charge is -2.06. The highest BCUT2D eigenvalue weighted by Crippen LogP contribution is 2.24. The number of nitrogen functional groups attached to an aromatic ring is 1. The first-order chi connectivity index (χ1) is 7.56. The van der Waals surface area contributed by atoms with Gasteiger partial charge in [0.2, 0.25) is 0 Å². The van der Waals surface area contributed by atoms with Crippen LogP contribution in [0.15, 0.2) is 18.2 Å². The second-order valence-corrected chi connectivity index (χ2v) is 3.66. The Hall–Kier alpha value is -1.52. The average Bonchev–Trinajstić information content (AvgIpc) is 2.22. The van der Waals surface area contributed by atoms with Crippen LogP contribution < -0.4 is 11.1 Å². The molecular weight excluding hydrogens is 228 g/mol. The molecule has 0 fully saturated rings. The molecule has 0 aliphatic heterocycles. The SMILES string of the molecule is CNCC=Cc1cc(Cl)cc(C(=O)O)c1N. The fourth-order valence-electron chi connectivity index (χ4n) is 1.26. The van der Waals surface area contributed by atoms with Crippen LogP contribution >= 0.6 is 11.6 Å². The number of rotatable bonds is 4. The number of nitrogens with two attached hydrogens (primary N) is 1. The number of aromatic carboxylic acids is 1. The third-order valence-corrected chi connectivity index (χ3v) is 2.24. The van der Waals surface area contributed by atoms with Crippen LogP contribution in [-0.2, 0) is 0 Å².